The highest BCUT2D eigenvalue weighted by molar-refractivity contribution is 9.10. The molecule has 0 aliphatic rings. The maximum Gasteiger partial charge on any atom is 0.241 e. The van der Waals surface area contributed by atoms with Crippen molar-refractivity contribution in [3.63, 3.8) is 0 Å². The number of benzene rings is 1. The smallest absolute Gasteiger partial charge is 0.241 e. The van der Waals surface area contributed by atoms with E-state index in [1.54, 1.807) is 6.07 Å². The standard InChI is InChI=1S/C9H10BrN5O2S/c10-7-2-1-6(3-8(7)11)18(16,17)14-4-9-12-5-13-15-9/h1-3,5,14H,4,11H2,(H,12,13,15). The van der Waals surface area contributed by atoms with Crippen LogP contribution in [-0.4, -0.2) is 23.6 Å². The highest BCUT2D eigenvalue weighted by Crippen LogP contribution is 2.22. The topological polar surface area (TPSA) is 114 Å². The first kappa shape index (κ1) is 13.0. The van der Waals surface area contributed by atoms with Crippen LogP contribution in [0.4, 0.5) is 5.69 Å². The van der Waals surface area contributed by atoms with Crippen molar-refractivity contribution in [2.24, 2.45) is 0 Å². The third-order valence-electron chi connectivity index (χ3n) is 2.17. The van der Waals surface area contributed by atoms with E-state index in [9.17, 15) is 8.42 Å². The molecule has 18 heavy (non-hydrogen) atoms. The van der Waals surface area contributed by atoms with E-state index in [1.165, 1.54) is 18.5 Å². The maximum atomic E-state index is 11.9. The zero-order valence-corrected chi connectivity index (χ0v) is 11.5. The van der Waals surface area contributed by atoms with Gasteiger partial charge in [0.15, 0.2) is 0 Å². The molecule has 1 aromatic carbocycles. The van der Waals surface area contributed by atoms with Gasteiger partial charge in [-0.15, -0.1) is 0 Å². The third-order valence-corrected chi connectivity index (χ3v) is 4.29. The molecular weight excluding hydrogens is 322 g/mol. The Labute approximate surface area is 112 Å². The molecule has 0 aliphatic heterocycles. The molecule has 0 bridgehead atoms. The maximum absolute atomic E-state index is 11.9. The molecule has 0 saturated heterocycles. The normalized spacial score (nSPS) is 11.6. The molecule has 0 radical (unpaired) electrons. The summed E-state index contributed by atoms with van der Waals surface area (Å²) in [5, 5.41) is 6.19. The van der Waals surface area contributed by atoms with Crippen LogP contribution in [0.15, 0.2) is 33.9 Å². The number of halogens is 1. The second-order valence-electron chi connectivity index (χ2n) is 3.44. The van der Waals surface area contributed by atoms with Crippen LogP contribution in [0.1, 0.15) is 5.82 Å². The van der Waals surface area contributed by atoms with Crippen molar-refractivity contribution in [3.8, 4) is 0 Å². The van der Waals surface area contributed by atoms with Gasteiger partial charge in [-0.25, -0.2) is 18.1 Å². The first-order valence-corrected chi connectivity index (χ1v) is 7.15. The zero-order valence-electron chi connectivity index (χ0n) is 9.09. The highest BCUT2D eigenvalue weighted by atomic mass is 79.9. The second-order valence-corrected chi connectivity index (χ2v) is 6.06. The van der Waals surface area contributed by atoms with Crippen LogP contribution >= 0.6 is 15.9 Å². The number of nitrogen functional groups attached to an aromatic ring is 1. The summed E-state index contributed by atoms with van der Waals surface area (Å²) < 4.78 is 26.9. The lowest BCUT2D eigenvalue weighted by molar-refractivity contribution is 0.579. The van der Waals surface area contributed by atoms with Gasteiger partial charge in [0.2, 0.25) is 10.0 Å². The Kier molecular flexibility index (Phi) is 3.64. The predicted octanol–water partition coefficient (Wildman–Crippen LogP) is 0.628. The van der Waals surface area contributed by atoms with Crippen molar-refractivity contribution in [2.75, 3.05) is 5.73 Å². The number of rotatable bonds is 4. The number of nitrogens with two attached hydrogens (primary N) is 1. The van der Waals surface area contributed by atoms with Crippen molar-refractivity contribution in [3.05, 3.63) is 34.8 Å². The first-order chi connectivity index (χ1) is 8.49. The molecule has 0 amide bonds. The number of nitrogens with one attached hydrogen (secondary N) is 2. The fourth-order valence-electron chi connectivity index (χ4n) is 1.25. The van der Waals surface area contributed by atoms with Gasteiger partial charge < -0.3 is 5.73 Å². The lowest BCUT2D eigenvalue weighted by Gasteiger charge is -2.06. The average molecular weight is 332 g/mol. The molecule has 4 N–H and O–H groups in total. The summed E-state index contributed by atoms with van der Waals surface area (Å²) in [5.41, 5.74) is 6.00. The van der Waals surface area contributed by atoms with Gasteiger partial charge in [0.1, 0.15) is 12.2 Å². The molecule has 1 heterocycles. The number of sulfonamides is 1. The number of aromatic amines is 1. The Morgan fingerprint density at radius 3 is 2.83 bits per heavy atom. The summed E-state index contributed by atoms with van der Waals surface area (Å²) in [5.74, 6) is 0.434. The van der Waals surface area contributed by atoms with Gasteiger partial charge in [0, 0.05) is 10.2 Å². The van der Waals surface area contributed by atoms with Crippen molar-refractivity contribution < 1.29 is 8.42 Å². The van der Waals surface area contributed by atoms with E-state index in [4.69, 9.17) is 5.73 Å². The first-order valence-electron chi connectivity index (χ1n) is 4.88. The molecule has 0 saturated carbocycles. The molecule has 1 aromatic heterocycles. The summed E-state index contributed by atoms with van der Waals surface area (Å²) >= 11 is 3.20. The Morgan fingerprint density at radius 2 is 2.22 bits per heavy atom. The van der Waals surface area contributed by atoms with Gasteiger partial charge in [-0.1, -0.05) is 0 Å². The molecule has 2 rings (SSSR count). The molecular formula is C9H10BrN5O2S. The lowest BCUT2D eigenvalue weighted by atomic mass is 10.3. The van der Waals surface area contributed by atoms with Crippen molar-refractivity contribution in [2.45, 2.75) is 11.4 Å². The molecule has 0 fully saturated rings. The minimum Gasteiger partial charge on any atom is -0.398 e. The number of hydrogen-bond acceptors (Lipinski definition) is 5. The fraction of sp³-hybridized carbons (Fsp3) is 0.111. The highest BCUT2D eigenvalue weighted by Gasteiger charge is 2.15. The van der Waals surface area contributed by atoms with E-state index in [2.05, 4.69) is 35.8 Å². The van der Waals surface area contributed by atoms with Crippen LogP contribution in [0.3, 0.4) is 0 Å². The number of aromatic nitrogens is 3. The molecule has 9 heteroatoms. The summed E-state index contributed by atoms with van der Waals surface area (Å²) in [6.07, 6.45) is 1.31. The average Bonchev–Trinajstić information content (AvgIpc) is 2.83. The molecule has 2 aromatic rings. The molecule has 0 unspecified atom stereocenters. The Balaban J connectivity index is 2.17. The van der Waals surface area contributed by atoms with Crippen molar-refractivity contribution >= 4 is 31.6 Å². The van der Waals surface area contributed by atoms with E-state index < -0.39 is 10.0 Å². The molecule has 0 atom stereocenters. The van der Waals surface area contributed by atoms with Gasteiger partial charge in [-0.3, -0.25) is 5.10 Å². The van der Waals surface area contributed by atoms with Gasteiger partial charge >= 0.3 is 0 Å². The lowest BCUT2D eigenvalue weighted by Crippen LogP contribution is -2.24. The van der Waals surface area contributed by atoms with E-state index in [0.717, 1.165) is 0 Å². The van der Waals surface area contributed by atoms with Gasteiger partial charge in [-0.2, -0.15) is 5.10 Å². The SMILES string of the molecule is Nc1cc(S(=O)(=O)NCc2ncn[nH]2)ccc1Br. The number of nitrogens with zero attached hydrogens (tertiary/aromatic N) is 2. The Bertz CT molecular complexity index is 641. The monoisotopic (exact) mass is 331 g/mol. The minimum absolute atomic E-state index is 0.0400. The number of hydrogen-bond donors (Lipinski definition) is 3. The predicted molar refractivity (Wildman–Crippen MR) is 69.0 cm³/mol. The van der Waals surface area contributed by atoms with Gasteiger partial charge in [0.25, 0.3) is 0 Å². The molecule has 0 aliphatic carbocycles. The minimum atomic E-state index is -3.61. The number of anilines is 1. The summed E-state index contributed by atoms with van der Waals surface area (Å²) in [6.45, 7) is 0.0400. The van der Waals surface area contributed by atoms with Crippen LogP contribution in [0, 0.1) is 0 Å². The van der Waals surface area contributed by atoms with Crippen LogP contribution < -0.4 is 10.5 Å². The van der Waals surface area contributed by atoms with Gasteiger partial charge in [-0.05, 0) is 34.1 Å². The summed E-state index contributed by atoms with van der Waals surface area (Å²) in [6, 6.07) is 4.42. The molecule has 7 nitrogen and oxygen atoms in total. The zero-order chi connectivity index (χ0) is 13.2. The quantitative estimate of drug-likeness (QED) is 0.711. The van der Waals surface area contributed by atoms with E-state index >= 15 is 0 Å². The van der Waals surface area contributed by atoms with E-state index in [0.29, 0.717) is 16.0 Å². The van der Waals surface area contributed by atoms with Crippen LogP contribution in [0.5, 0.6) is 0 Å². The van der Waals surface area contributed by atoms with Crippen LogP contribution in [-0.2, 0) is 16.6 Å². The third kappa shape index (κ3) is 2.86. The Hall–Kier alpha value is -1.45. The largest absolute Gasteiger partial charge is 0.398 e. The summed E-state index contributed by atoms with van der Waals surface area (Å²) in [7, 11) is -3.61. The van der Waals surface area contributed by atoms with E-state index in [-0.39, 0.29) is 11.4 Å². The van der Waals surface area contributed by atoms with Crippen molar-refractivity contribution in [1.29, 1.82) is 0 Å². The van der Waals surface area contributed by atoms with Crippen LogP contribution in [0.2, 0.25) is 0 Å². The van der Waals surface area contributed by atoms with Crippen LogP contribution in [0.25, 0.3) is 0 Å². The molecule has 0 spiro atoms. The van der Waals surface area contributed by atoms with E-state index in [1.807, 2.05) is 0 Å². The summed E-state index contributed by atoms with van der Waals surface area (Å²) in [4.78, 5) is 3.92. The number of H-pyrrole nitrogens is 1. The molecule has 96 valence electrons. The fourth-order valence-corrected chi connectivity index (χ4v) is 2.52. The van der Waals surface area contributed by atoms with Crippen molar-refractivity contribution in [1.82, 2.24) is 19.9 Å². The van der Waals surface area contributed by atoms with Gasteiger partial charge in [0.05, 0.1) is 11.4 Å². The Morgan fingerprint density at radius 1 is 1.44 bits per heavy atom. The second kappa shape index (κ2) is 5.04.